The number of hydrogen-bond donors (Lipinski definition) is 1. The predicted molar refractivity (Wildman–Crippen MR) is 107 cm³/mol. The topological polar surface area (TPSA) is 75.7 Å². The number of nitrogens with zero attached hydrogens (tertiary/aromatic N) is 1. The molecule has 2 aromatic rings. The summed E-state index contributed by atoms with van der Waals surface area (Å²) in [4.78, 5) is 12.5. The van der Waals surface area contributed by atoms with E-state index in [1.54, 1.807) is 50.4 Å². The standard InChI is InChI=1S/C19H23ClN2O4S/c1-15-9-10-16(20)13-18(15)22(14-19(23)21-11-6-12-26-2)27(24,25)17-7-4-3-5-8-17/h3-5,7-10,13H,6,11-12,14H2,1-2H3,(H,21,23). The van der Waals surface area contributed by atoms with Gasteiger partial charge in [0.25, 0.3) is 10.0 Å². The molecule has 2 rings (SSSR count). The molecule has 0 saturated carbocycles. The van der Waals surface area contributed by atoms with Gasteiger partial charge in [0, 0.05) is 25.3 Å². The second kappa shape index (κ2) is 9.73. The highest BCUT2D eigenvalue weighted by Crippen LogP contribution is 2.29. The summed E-state index contributed by atoms with van der Waals surface area (Å²) in [6.45, 7) is 2.35. The van der Waals surface area contributed by atoms with Crippen LogP contribution in [0.1, 0.15) is 12.0 Å². The lowest BCUT2D eigenvalue weighted by Gasteiger charge is -2.25. The van der Waals surface area contributed by atoms with Crippen molar-refractivity contribution in [3.05, 3.63) is 59.1 Å². The minimum Gasteiger partial charge on any atom is -0.385 e. The van der Waals surface area contributed by atoms with E-state index in [1.165, 1.54) is 12.1 Å². The van der Waals surface area contributed by atoms with Gasteiger partial charge in [-0.1, -0.05) is 35.9 Å². The Morgan fingerprint density at radius 2 is 1.89 bits per heavy atom. The summed E-state index contributed by atoms with van der Waals surface area (Å²) < 4.78 is 32.4. The van der Waals surface area contributed by atoms with E-state index in [0.717, 1.165) is 4.31 Å². The number of amides is 1. The molecule has 0 aromatic heterocycles. The van der Waals surface area contributed by atoms with E-state index >= 15 is 0 Å². The normalized spacial score (nSPS) is 11.2. The third-order valence-electron chi connectivity index (χ3n) is 3.91. The Morgan fingerprint density at radius 3 is 2.56 bits per heavy atom. The van der Waals surface area contributed by atoms with Gasteiger partial charge in [0.05, 0.1) is 10.6 Å². The first kappa shape index (κ1) is 21.2. The monoisotopic (exact) mass is 410 g/mol. The second-order valence-electron chi connectivity index (χ2n) is 5.95. The van der Waals surface area contributed by atoms with Gasteiger partial charge in [-0.25, -0.2) is 8.42 Å². The minimum absolute atomic E-state index is 0.108. The van der Waals surface area contributed by atoms with Crippen molar-refractivity contribution < 1.29 is 17.9 Å². The number of sulfonamides is 1. The zero-order valence-corrected chi connectivity index (χ0v) is 16.9. The number of ether oxygens (including phenoxy) is 1. The number of carbonyl (C=O) groups excluding carboxylic acids is 1. The van der Waals surface area contributed by atoms with Crippen LogP contribution in [0.2, 0.25) is 5.02 Å². The van der Waals surface area contributed by atoms with Crippen LogP contribution >= 0.6 is 11.6 Å². The Balaban J connectivity index is 2.35. The fourth-order valence-electron chi connectivity index (χ4n) is 2.50. The zero-order valence-electron chi connectivity index (χ0n) is 15.3. The molecule has 0 atom stereocenters. The first-order valence-electron chi connectivity index (χ1n) is 8.46. The first-order chi connectivity index (χ1) is 12.9. The fourth-order valence-corrected chi connectivity index (χ4v) is 4.17. The third-order valence-corrected chi connectivity index (χ3v) is 5.91. The van der Waals surface area contributed by atoms with Crippen LogP contribution in [0.4, 0.5) is 5.69 Å². The number of methoxy groups -OCH3 is 1. The van der Waals surface area contributed by atoms with E-state index in [4.69, 9.17) is 16.3 Å². The lowest BCUT2D eigenvalue weighted by Crippen LogP contribution is -2.41. The maximum Gasteiger partial charge on any atom is 0.264 e. The molecule has 27 heavy (non-hydrogen) atoms. The van der Waals surface area contributed by atoms with Crippen molar-refractivity contribution >= 4 is 33.2 Å². The van der Waals surface area contributed by atoms with Crippen LogP contribution in [0, 0.1) is 6.92 Å². The number of anilines is 1. The fraction of sp³-hybridized carbons (Fsp3) is 0.316. The Hall–Kier alpha value is -2.09. The minimum atomic E-state index is -3.93. The van der Waals surface area contributed by atoms with Crippen LogP contribution in [0.15, 0.2) is 53.4 Å². The summed E-state index contributed by atoms with van der Waals surface area (Å²) >= 11 is 6.08. The summed E-state index contributed by atoms with van der Waals surface area (Å²) in [6.07, 6.45) is 0.643. The molecule has 1 N–H and O–H groups in total. The highest BCUT2D eigenvalue weighted by atomic mass is 35.5. The molecular weight excluding hydrogens is 388 g/mol. The quantitative estimate of drug-likeness (QED) is 0.645. The number of halogens is 1. The molecule has 6 nitrogen and oxygen atoms in total. The number of benzene rings is 2. The van der Waals surface area contributed by atoms with Crippen LogP contribution in [-0.4, -0.2) is 41.1 Å². The second-order valence-corrected chi connectivity index (χ2v) is 8.25. The van der Waals surface area contributed by atoms with Gasteiger partial charge in [-0.15, -0.1) is 0 Å². The van der Waals surface area contributed by atoms with E-state index in [1.807, 2.05) is 0 Å². The average molecular weight is 411 g/mol. The van der Waals surface area contributed by atoms with E-state index < -0.39 is 15.9 Å². The van der Waals surface area contributed by atoms with Gasteiger partial charge in [-0.3, -0.25) is 9.10 Å². The molecular formula is C19H23ClN2O4S. The maximum absolute atomic E-state index is 13.2. The molecule has 0 aliphatic carbocycles. The van der Waals surface area contributed by atoms with Crippen LogP contribution < -0.4 is 9.62 Å². The van der Waals surface area contributed by atoms with Crippen LogP contribution in [0.3, 0.4) is 0 Å². The molecule has 0 radical (unpaired) electrons. The zero-order chi connectivity index (χ0) is 19.9. The van der Waals surface area contributed by atoms with Crippen LogP contribution in [-0.2, 0) is 19.6 Å². The van der Waals surface area contributed by atoms with E-state index in [-0.39, 0.29) is 11.4 Å². The SMILES string of the molecule is COCCCNC(=O)CN(c1cc(Cl)ccc1C)S(=O)(=O)c1ccccc1. The molecule has 0 heterocycles. The molecule has 0 spiro atoms. The number of carbonyl (C=O) groups is 1. The van der Waals surface area contributed by atoms with Gasteiger partial charge < -0.3 is 10.1 Å². The smallest absolute Gasteiger partial charge is 0.264 e. The first-order valence-corrected chi connectivity index (χ1v) is 10.3. The molecule has 0 bridgehead atoms. The van der Waals surface area contributed by atoms with Gasteiger partial charge in [0.15, 0.2) is 0 Å². The summed E-state index contributed by atoms with van der Waals surface area (Å²) in [5.41, 5.74) is 1.07. The molecule has 0 aliphatic rings. The van der Waals surface area contributed by atoms with Gasteiger partial charge in [0.1, 0.15) is 6.54 Å². The summed E-state index contributed by atoms with van der Waals surface area (Å²) in [7, 11) is -2.35. The van der Waals surface area contributed by atoms with Crippen molar-refractivity contribution in [2.75, 3.05) is 31.1 Å². The van der Waals surface area contributed by atoms with Gasteiger partial charge in [-0.2, -0.15) is 0 Å². The highest BCUT2D eigenvalue weighted by Gasteiger charge is 2.28. The summed E-state index contributed by atoms with van der Waals surface area (Å²) in [5.74, 6) is -0.398. The van der Waals surface area contributed by atoms with Crippen molar-refractivity contribution in [1.82, 2.24) is 5.32 Å². The molecule has 0 unspecified atom stereocenters. The summed E-state index contributed by atoms with van der Waals surface area (Å²) in [6, 6.07) is 13.0. The Bertz CT molecular complexity index is 873. The molecule has 2 aromatic carbocycles. The molecule has 146 valence electrons. The van der Waals surface area contributed by atoms with Crippen molar-refractivity contribution in [2.45, 2.75) is 18.2 Å². The third kappa shape index (κ3) is 5.69. The van der Waals surface area contributed by atoms with E-state index in [2.05, 4.69) is 5.32 Å². The van der Waals surface area contributed by atoms with E-state index in [9.17, 15) is 13.2 Å². The predicted octanol–water partition coefficient (Wildman–Crippen LogP) is 3.00. The summed E-state index contributed by atoms with van der Waals surface area (Å²) in [5, 5.41) is 3.11. The maximum atomic E-state index is 13.2. The number of rotatable bonds is 9. The molecule has 0 saturated heterocycles. The lowest BCUT2D eigenvalue weighted by atomic mass is 10.2. The molecule has 0 fully saturated rings. The molecule has 1 amide bonds. The van der Waals surface area contributed by atoms with Crippen LogP contribution in [0.25, 0.3) is 0 Å². The largest absolute Gasteiger partial charge is 0.385 e. The highest BCUT2D eigenvalue weighted by molar-refractivity contribution is 7.92. The number of hydrogen-bond acceptors (Lipinski definition) is 4. The van der Waals surface area contributed by atoms with Crippen molar-refractivity contribution in [1.29, 1.82) is 0 Å². The van der Waals surface area contributed by atoms with Gasteiger partial charge in [0.2, 0.25) is 5.91 Å². The number of aryl methyl sites for hydroxylation is 1. The Kier molecular flexibility index (Phi) is 7.65. The van der Waals surface area contributed by atoms with Gasteiger partial charge in [-0.05, 0) is 43.2 Å². The van der Waals surface area contributed by atoms with Crippen LogP contribution in [0.5, 0.6) is 0 Å². The molecule has 0 aliphatic heterocycles. The van der Waals surface area contributed by atoms with Crippen molar-refractivity contribution in [3.63, 3.8) is 0 Å². The lowest BCUT2D eigenvalue weighted by molar-refractivity contribution is -0.119. The van der Waals surface area contributed by atoms with Gasteiger partial charge >= 0.3 is 0 Å². The van der Waals surface area contributed by atoms with Crippen molar-refractivity contribution in [2.24, 2.45) is 0 Å². The van der Waals surface area contributed by atoms with Crippen molar-refractivity contribution in [3.8, 4) is 0 Å². The molecule has 8 heteroatoms. The number of nitrogens with one attached hydrogen (secondary N) is 1. The Labute approximate surface area is 165 Å². The average Bonchev–Trinajstić information content (AvgIpc) is 2.66. The van der Waals surface area contributed by atoms with E-state index in [0.29, 0.717) is 35.8 Å². The Morgan fingerprint density at radius 1 is 1.19 bits per heavy atom.